The number of hydrogen-bond donors (Lipinski definition) is 1. The van der Waals surface area contributed by atoms with Crippen LogP contribution >= 0.6 is 22.7 Å². The molecule has 6 heteroatoms. The molecule has 1 saturated heterocycles. The summed E-state index contributed by atoms with van der Waals surface area (Å²) in [4.78, 5) is 18.1. The number of likely N-dealkylation sites (N-methyl/N-ethyl adjacent to an activating group) is 2. The highest BCUT2D eigenvalue weighted by Gasteiger charge is 2.27. The summed E-state index contributed by atoms with van der Waals surface area (Å²) in [6.07, 6.45) is 1.43. The molecule has 0 atom stereocenters. The Hall–Kier alpha value is -1.21. The molecule has 1 N–H and O–H groups in total. The minimum Gasteiger partial charge on any atom is -0.477 e. The zero-order chi connectivity index (χ0) is 16.1. The Kier molecular flexibility index (Phi) is 6.14. The van der Waals surface area contributed by atoms with Crippen LogP contribution in [0.3, 0.4) is 0 Å². The lowest BCUT2D eigenvalue weighted by Gasteiger charge is -2.23. The Labute approximate surface area is 139 Å². The second-order valence-corrected chi connectivity index (χ2v) is 7.42. The van der Waals surface area contributed by atoms with Crippen molar-refractivity contribution in [2.75, 3.05) is 27.2 Å². The molecule has 0 aliphatic carbocycles. The number of aromatic carboxylic acids is 1. The van der Waals surface area contributed by atoms with Crippen molar-refractivity contribution in [2.45, 2.75) is 19.5 Å². The molecule has 1 fully saturated rings. The standard InChI is InChI=1S/C9H14N2S.C7H8O2S/c1-10-5-6-11(2)9(10)8-4-3-7-12-8;1-2-5-3-4-6(10-5)7(8)9/h3-4,7,9H,5-6H2,1-2H3;3-4H,2H2,1H3,(H,8,9). The fraction of sp³-hybridized carbons (Fsp3) is 0.438. The molecule has 2 aromatic heterocycles. The van der Waals surface area contributed by atoms with Crippen LogP contribution in [0, 0.1) is 0 Å². The van der Waals surface area contributed by atoms with Crippen molar-refractivity contribution in [1.29, 1.82) is 0 Å². The minimum atomic E-state index is -0.829. The quantitative estimate of drug-likeness (QED) is 0.928. The van der Waals surface area contributed by atoms with E-state index in [9.17, 15) is 4.79 Å². The first-order valence-electron chi connectivity index (χ1n) is 7.28. The van der Waals surface area contributed by atoms with E-state index in [1.165, 1.54) is 29.3 Å². The number of thiophene rings is 2. The van der Waals surface area contributed by atoms with Crippen molar-refractivity contribution in [3.05, 3.63) is 44.3 Å². The largest absolute Gasteiger partial charge is 0.477 e. The third kappa shape index (κ3) is 4.16. The summed E-state index contributed by atoms with van der Waals surface area (Å²) >= 11 is 3.19. The maximum Gasteiger partial charge on any atom is 0.345 e. The predicted octanol–water partition coefficient (Wildman–Crippen LogP) is 3.63. The van der Waals surface area contributed by atoms with Gasteiger partial charge in [-0.25, -0.2) is 4.79 Å². The van der Waals surface area contributed by atoms with Gasteiger partial charge in [-0.1, -0.05) is 13.0 Å². The lowest BCUT2D eigenvalue weighted by atomic mass is 10.3. The highest BCUT2D eigenvalue weighted by molar-refractivity contribution is 7.13. The SMILES string of the molecule is CCc1ccc(C(=O)O)s1.CN1CCN(C)C1c1cccs1. The number of aryl methyl sites for hydroxylation is 1. The minimum absolute atomic E-state index is 0.428. The summed E-state index contributed by atoms with van der Waals surface area (Å²) in [5.74, 6) is -0.829. The van der Waals surface area contributed by atoms with Crippen LogP contribution in [0.5, 0.6) is 0 Å². The zero-order valence-corrected chi connectivity index (χ0v) is 14.8. The molecule has 3 heterocycles. The van der Waals surface area contributed by atoms with Crippen LogP contribution in [0.1, 0.15) is 32.5 Å². The molecular formula is C16H22N2O2S2. The van der Waals surface area contributed by atoms with E-state index in [2.05, 4.69) is 41.4 Å². The number of rotatable bonds is 3. The van der Waals surface area contributed by atoms with E-state index in [4.69, 9.17) is 5.11 Å². The second kappa shape index (κ2) is 7.87. The summed E-state index contributed by atoms with van der Waals surface area (Å²) in [6, 6.07) is 7.84. The van der Waals surface area contributed by atoms with Gasteiger partial charge < -0.3 is 5.11 Å². The Bertz CT molecular complexity index is 585. The molecular weight excluding hydrogens is 316 g/mol. The first-order chi connectivity index (χ1) is 10.5. The Morgan fingerprint density at radius 1 is 1.27 bits per heavy atom. The number of hydrogen-bond acceptors (Lipinski definition) is 5. The molecule has 22 heavy (non-hydrogen) atoms. The summed E-state index contributed by atoms with van der Waals surface area (Å²) in [5, 5.41) is 10.7. The molecule has 0 saturated carbocycles. The Morgan fingerprint density at radius 3 is 2.36 bits per heavy atom. The number of carbonyl (C=O) groups is 1. The third-order valence-corrected chi connectivity index (χ3v) is 5.79. The highest BCUT2D eigenvalue weighted by atomic mass is 32.1. The van der Waals surface area contributed by atoms with E-state index in [0.717, 1.165) is 11.3 Å². The molecule has 1 aliphatic rings. The molecule has 0 aromatic carbocycles. The summed E-state index contributed by atoms with van der Waals surface area (Å²) in [6.45, 7) is 4.37. The van der Waals surface area contributed by atoms with E-state index in [0.29, 0.717) is 11.0 Å². The van der Waals surface area contributed by atoms with Gasteiger partial charge in [0.15, 0.2) is 0 Å². The van der Waals surface area contributed by atoms with Gasteiger partial charge in [0.05, 0.1) is 6.17 Å². The van der Waals surface area contributed by atoms with Crippen molar-refractivity contribution in [1.82, 2.24) is 9.80 Å². The topological polar surface area (TPSA) is 43.8 Å². The molecule has 0 amide bonds. The van der Waals surface area contributed by atoms with Crippen LogP contribution in [0.4, 0.5) is 0 Å². The number of carboxylic acid groups (broad SMARTS) is 1. The van der Waals surface area contributed by atoms with Crippen molar-refractivity contribution in [3.63, 3.8) is 0 Å². The van der Waals surface area contributed by atoms with Gasteiger partial charge >= 0.3 is 5.97 Å². The van der Waals surface area contributed by atoms with E-state index in [1.807, 2.05) is 24.3 Å². The monoisotopic (exact) mass is 338 g/mol. The van der Waals surface area contributed by atoms with Crippen molar-refractivity contribution < 1.29 is 9.90 Å². The Morgan fingerprint density at radius 2 is 1.95 bits per heavy atom. The van der Waals surface area contributed by atoms with Gasteiger partial charge in [0.1, 0.15) is 4.88 Å². The lowest BCUT2D eigenvalue weighted by molar-refractivity contribution is 0.0702. The van der Waals surface area contributed by atoms with Gasteiger partial charge in [0.2, 0.25) is 0 Å². The highest BCUT2D eigenvalue weighted by Crippen LogP contribution is 2.29. The van der Waals surface area contributed by atoms with Gasteiger partial charge in [-0.05, 0) is 44.1 Å². The lowest BCUT2D eigenvalue weighted by Crippen LogP contribution is -2.24. The second-order valence-electron chi connectivity index (χ2n) is 5.27. The van der Waals surface area contributed by atoms with E-state index < -0.39 is 5.97 Å². The van der Waals surface area contributed by atoms with Crippen LogP contribution < -0.4 is 0 Å². The summed E-state index contributed by atoms with van der Waals surface area (Å²) in [7, 11) is 4.38. The van der Waals surface area contributed by atoms with Crippen LogP contribution in [0.25, 0.3) is 0 Å². The van der Waals surface area contributed by atoms with Gasteiger partial charge in [0.25, 0.3) is 0 Å². The predicted molar refractivity (Wildman–Crippen MR) is 93.0 cm³/mol. The molecule has 2 aromatic rings. The van der Waals surface area contributed by atoms with Gasteiger partial charge in [-0.15, -0.1) is 22.7 Å². The van der Waals surface area contributed by atoms with E-state index >= 15 is 0 Å². The molecule has 1 aliphatic heterocycles. The molecule has 0 unspecified atom stereocenters. The fourth-order valence-electron chi connectivity index (χ4n) is 2.45. The van der Waals surface area contributed by atoms with Gasteiger partial charge in [-0.3, -0.25) is 9.80 Å². The van der Waals surface area contributed by atoms with Crippen molar-refractivity contribution in [3.8, 4) is 0 Å². The maximum absolute atomic E-state index is 10.3. The zero-order valence-electron chi connectivity index (χ0n) is 13.2. The van der Waals surface area contributed by atoms with Crippen LogP contribution in [0.2, 0.25) is 0 Å². The van der Waals surface area contributed by atoms with E-state index in [-0.39, 0.29) is 0 Å². The average molecular weight is 338 g/mol. The average Bonchev–Trinajstić information content (AvgIpc) is 3.20. The smallest absolute Gasteiger partial charge is 0.345 e. The van der Waals surface area contributed by atoms with E-state index in [1.54, 1.807) is 6.07 Å². The van der Waals surface area contributed by atoms with Crippen molar-refractivity contribution in [2.24, 2.45) is 0 Å². The normalized spacial score (nSPS) is 16.5. The first-order valence-corrected chi connectivity index (χ1v) is 8.98. The van der Waals surface area contributed by atoms with Crippen LogP contribution in [-0.4, -0.2) is 48.1 Å². The molecule has 120 valence electrons. The maximum atomic E-state index is 10.3. The fourth-order valence-corrected chi connectivity index (χ4v) is 4.19. The molecule has 0 bridgehead atoms. The Balaban J connectivity index is 0.000000164. The number of carboxylic acids is 1. The van der Waals surface area contributed by atoms with Crippen LogP contribution in [0.15, 0.2) is 29.6 Å². The molecule has 0 radical (unpaired) electrons. The number of nitrogens with zero attached hydrogens (tertiary/aromatic N) is 2. The third-order valence-electron chi connectivity index (χ3n) is 3.66. The summed E-state index contributed by atoms with van der Waals surface area (Å²) in [5.41, 5.74) is 0. The molecule has 3 rings (SSSR count). The van der Waals surface area contributed by atoms with Crippen molar-refractivity contribution >= 4 is 28.6 Å². The van der Waals surface area contributed by atoms with Crippen LogP contribution in [-0.2, 0) is 6.42 Å². The first kappa shape index (κ1) is 17.1. The molecule has 4 nitrogen and oxygen atoms in total. The van der Waals surface area contributed by atoms with Gasteiger partial charge in [-0.2, -0.15) is 0 Å². The summed E-state index contributed by atoms with van der Waals surface area (Å²) < 4.78 is 0. The molecule has 0 spiro atoms. The van der Waals surface area contributed by atoms with Gasteiger partial charge in [0, 0.05) is 22.8 Å².